The number of nitrogens with one attached hydrogen (secondary N) is 1. The largest absolute Gasteiger partial charge is 0.471 e. The van der Waals surface area contributed by atoms with Crippen LogP contribution in [0.4, 0.5) is 10.5 Å². The van der Waals surface area contributed by atoms with E-state index in [0.29, 0.717) is 12.4 Å². The number of urea groups is 1. The lowest BCUT2D eigenvalue weighted by atomic mass is 9.99. The highest BCUT2D eigenvalue weighted by molar-refractivity contribution is 7.91. The number of fused-ring (bicyclic) bond motifs is 3. The molecule has 0 saturated carbocycles. The van der Waals surface area contributed by atoms with Crippen LogP contribution in [0.5, 0.6) is 5.88 Å². The van der Waals surface area contributed by atoms with Crippen LogP contribution in [0.25, 0.3) is 0 Å². The van der Waals surface area contributed by atoms with Crippen LogP contribution >= 0.6 is 0 Å². The van der Waals surface area contributed by atoms with Crippen molar-refractivity contribution in [1.82, 2.24) is 9.78 Å². The Hall–Kier alpha value is -2.39. The van der Waals surface area contributed by atoms with Crippen LogP contribution in [-0.2, 0) is 42.1 Å². The zero-order chi connectivity index (χ0) is 21.1. The fourth-order valence-corrected chi connectivity index (χ4v) is 5.76. The molecule has 2 amide bonds. The number of anilines is 1. The molecule has 2 aliphatic carbocycles. The number of carbonyl (C=O) groups is 1. The molecule has 0 saturated heterocycles. The van der Waals surface area contributed by atoms with Gasteiger partial charge in [0.1, 0.15) is 10.5 Å². The van der Waals surface area contributed by atoms with Gasteiger partial charge in [0, 0.05) is 18.7 Å². The molecule has 30 heavy (non-hydrogen) atoms. The Labute approximate surface area is 176 Å². The van der Waals surface area contributed by atoms with Gasteiger partial charge in [-0.05, 0) is 74.6 Å². The minimum Gasteiger partial charge on any atom is -0.471 e. The molecule has 0 radical (unpaired) electrons. The van der Waals surface area contributed by atoms with Gasteiger partial charge in [-0.3, -0.25) is 0 Å². The summed E-state index contributed by atoms with van der Waals surface area (Å²) in [4.78, 5) is 13.0. The van der Waals surface area contributed by atoms with Crippen molar-refractivity contribution in [2.75, 3.05) is 5.32 Å². The molecule has 1 aliphatic heterocycles. The highest BCUT2D eigenvalue weighted by Crippen LogP contribution is 2.39. The molecule has 5 rings (SSSR count). The topological polar surface area (TPSA) is 112 Å². The fraction of sp³-hybridized carbons (Fsp3) is 0.524. The van der Waals surface area contributed by atoms with E-state index >= 15 is 0 Å². The molecule has 2 heterocycles. The van der Waals surface area contributed by atoms with Crippen molar-refractivity contribution in [2.24, 2.45) is 9.50 Å². The van der Waals surface area contributed by atoms with Crippen LogP contribution in [-0.4, -0.2) is 25.6 Å². The van der Waals surface area contributed by atoms with Crippen molar-refractivity contribution >= 4 is 21.6 Å². The van der Waals surface area contributed by atoms with E-state index in [-0.39, 0.29) is 4.90 Å². The Morgan fingerprint density at radius 3 is 2.57 bits per heavy atom. The Morgan fingerprint density at radius 1 is 1.23 bits per heavy atom. The first kappa shape index (κ1) is 19.6. The number of hydrogen-bond acceptors (Lipinski definition) is 4. The lowest BCUT2D eigenvalue weighted by Crippen LogP contribution is -2.35. The van der Waals surface area contributed by atoms with Crippen molar-refractivity contribution in [3.8, 4) is 5.88 Å². The number of nitrogens with two attached hydrogens (primary N) is 1. The maximum Gasteiger partial charge on any atom is 0.354 e. The highest BCUT2D eigenvalue weighted by atomic mass is 32.2. The number of benzene rings is 1. The molecular weight excluding hydrogens is 402 g/mol. The van der Waals surface area contributed by atoms with E-state index in [1.54, 1.807) is 4.68 Å². The van der Waals surface area contributed by atoms with Crippen LogP contribution in [0.15, 0.2) is 21.5 Å². The van der Waals surface area contributed by atoms with Crippen molar-refractivity contribution < 1.29 is 13.7 Å². The van der Waals surface area contributed by atoms with Crippen molar-refractivity contribution in [2.45, 2.75) is 75.8 Å². The first-order valence-electron chi connectivity index (χ1n) is 10.5. The number of aryl methyl sites for hydroxylation is 3. The quantitative estimate of drug-likeness (QED) is 0.762. The third-order valence-corrected chi connectivity index (χ3v) is 7.64. The maximum absolute atomic E-state index is 13.2. The lowest BCUT2D eigenvalue weighted by Gasteiger charge is -2.31. The molecule has 3 aliphatic rings. The van der Waals surface area contributed by atoms with Gasteiger partial charge in [0.05, 0.1) is 6.20 Å². The van der Waals surface area contributed by atoms with E-state index in [2.05, 4.69) is 20.8 Å². The van der Waals surface area contributed by atoms with Gasteiger partial charge in [-0.15, -0.1) is 4.36 Å². The van der Waals surface area contributed by atoms with Gasteiger partial charge >= 0.3 is 6.03 Å². The van der Waals surface area contributed by atoms with E-state index < -0.39 is 21.5 Å². The second-order valence-electron chi connectivity index (χ2n) is 8.97. The van der Waals surface area contributed by atoms with Gasteiger partial charge in [-0.2, -0.15) is 5.10 Å². The Kier molecular flexibility index (Phi) is 4.44. The summed E-state index contributed by atoms with van der Waals surface area (Å²) in [5, 5.41) is 13.2. The zero-order valence-corrected chi connectivity index (χ0v) is 18.2. The number of aromatic nitrogens is 2. The van der Waals surface area contributed by atoms with E-state index in [9.17, 15) is 9.00 Å². The normalized spacial score (nSPS) is 20.5. The summed E-state index contributed by atoms with van der Waals surface area (Å²) in [6.07, 6.45) is 8.29. The first-order valence-corrected chi connectivity index (χ1v) is 12.1. The van der Waals surface area contributed by atoms with Crippen molar-refractivity contribution in [3.05, 3.63) is 34.5 Å². The number of ether oxygens (including phenoxy) is 1. The number of amides is 2. The second kappa shape index (κ2) is 6.81. The predicted molar refractivity (Wildman–Crippen MR) is 114 cm³/mol. The van der Waals surface area contributed by atoms with Crippen molar-refractivity contribution in [3.63, 3.8) is 0 Å². The predicted octanol–water partition coefficient (Wildman–Crippen LogP) is 3.35. The lowest BCUT2D eigenvalue weighted by molar-refractivity contribution is 0.0499. The van der Waals surface area contributed by atoms with E-state index in [4.69, 9.17) is 9.88 Å². The van der Waals surface area contributed by atoms with Gasteiger partial charge in [0.15, 0.2) is 9.92 Å². The first-order chi connectivity index (χ1) is 14.2. The monoisotopic (exact) mass is 429 g/mol. The molecule has 1 aromatic heterocycles. The van der Waals surface area contributed by atoms with Crippen molar-refractivity contribution in [1.29, 1.82) is 0 Å². The molecule has 9 heteroatoms. The highest BCUT2D eigenvalue weighted by Gasteiger charge is 2.32. The number of hydrogen-bond donors (Lipinski definition) is 2. The SMILES string of the molecule is CC1(C)CCn2ncc([S@](N)(=O)=NC(=O)Nc3c4c(cc5c3CCC5)CCC4)c2O1. The van der Waals surface area contributed by atoms with Crippen LogP contribution in [0.3, 0.4) is 0 Å². The van der Waals surface area contributed by atoms with E-state index in [1.165, 1.54) is 28.5 Å². The fourth-order valence-electron chi connectivity index (χ4n) is 4.78. The average molecular weight is 430 g/mol. The van der Waals surface area contributed by atoms with Gasteiger partial charge in [0.25, 0.3) is 0 Å². The van der Waals surface area contributed by atoms with Crippen LogP contribution in [0.1, 0.15) is 55.4 Å². The van der Waals surface area contributed by atoms with Crippen LogP contribution < -0.4 is 15.2 Å². The van der Waals surface area contributed by atoms with E-state index in [0.717, 1.165) is 50.6 Å². The summed E-state index contributed by atoms with van der Waals surface area (Å²) >= 11 is 0. The molecule has 1 aromatic carbocycles. The molecule has 0 unspecified atom stereocenters. The van der Waals surface area contributed by atoms with E-state index in [1.807, 2.05) is 13.8 Å². The smallest absolute Gasteiger partial charge is 0.354 e. The summed E-state index contributed by atoms with van der Waals surface area (Å²) in [5.41, 5.74) is 5.43. The minimum absolute atomic E-state index is 0.161. The summed E-state index contributed by atoms with van der Waals surface area (Å²) in [6, 6.07) is 1.61. The summed E-state index contributed by atoms with van der Waals surface area (Å²) in [7, 11) is -3.50. The Morgan fingerprint density at radius 2 is 1.90 bits per heavy atom. The summed E-state index contributed by atoms with van der Waals surface area (Å²) in [6.45, 7) is 4.53. The maximum atomic E-state index is 13.2. The average Bonchev–Trinajstić information content (AvgIpc) is 3.38. The standard InChI is InChI=1S/C21H27N5O3S/c1-21(2)9-10-26-19(29-21)17(12-23-26)30(22,28)25-20(27)24-18-15-7-3-5-13(15)11-14-6-4-8-16(14)18/h11-12H,3-10H2,1-2H3,(H3,22,24,25,27,28)/t30-/m1/s1. The summed E-state index contributed by atoms with van der Waals surface area (Å²) in [5.74, 6) is 0.330. The number of nitrogens with zero attached hydrogens (tertiary/aromatic N) is 3. The van der Waals surface area contributed by atoms with Gasteiger partial charge < -0.3 is 10.1 Å². The molecule has 160 valence electrons. The second-order valence-corrected chi connectivity index (χ2v) is 10.7. The van der Waals surface area contributed by atoms with Crippen LogP contribution in [0, 0.1) is 0 Å². The Bertz CT molecular complexity index is 1140. The van der Waals surface area contributed by atoms with Gasteiger partial charge in [-0.25, -0.2) is 18.8 Å². The molecule has 3 N–H and O–H groups in total. The van der Waals surface area contributed by atoms with Crippen LogP contribution in [0.2, 0.25) is 0 Å². The van der Waals surface area contributed by atoms with Gasteiger partial charge in [0.2, 0.25) is 5.88 Å². The third kappa shape index (κ3) is 3.30. The minimum atomic E-state index is -3.50. The molecule has 0 spiro atoms. The third-order valence-electron chi connectivity index (χ3n) is 6.30. The number of rotatable bonds is 2. The summed E-state index contributed by atoms with van der Waals surface area (Å²) < 4.78 is 24.7. The Balaban J connectivity index is 1.48. The zero-order valence-electron chi connectivity index (χ0n) is 17.4. The molecule has 0 bridgehead atoms. The molecule has 1 atom stereocenters. The molecule has 8 nitrogen and oxygen atoms in total. The number of carbonyl (C=O) groups excluding carboxylic acids is 1. The molecule has 2 aromatic rings. The van der Waals surface area contributed by atoms with Gasteiger partial charge in [-0.1, -0.05) is 6.07 Å². The molecular formula is C21H27N5O3S. The molecule has 0 fully saturated rings.